The van der Waals surface area contributed by atoms with Crippen LogP contribution in [0, 0.1) is 5.92 Å². The van der Waals surface area contributed by atoms with Crippen molar-refractivity contribution in [2.24, 2.45) is 5.92 Å². The zero-order valence-corrected chi connectivity index (χ0v) is 13.0. The van der Waals surface area contributed by atoms with E-state index in [1.165, 1.54) is 18.2 Å². The summed E-state index contributed by atoms with van der Waals surface area (Å²) in [6, 6.07) is 11.5. The van der Waals surface area contributed by atoms with Crippen LogP contribution in [0.5, 0.6) is 5.75 Å². The van der Waals surface area contributed by atoms with E-state index in [1.54, 1.807) is 12.1 Å². The van der Waals surface area contributed by atoms with Crippen LogP contribution >= 0.6 is 0 Å². The second-order valence-corrected chi connectivity index (χ2v) is 5.83. The lowest BCUT2D eigenvalue weighted by molar-refractivity contribution is -0.274. The summed E-state index contributed by atoms with van der Waals surface area (Å²) in [5.74, 6) is 0.231. The topological polar surface area (TPSA) is 29.5 Å². The minimum Gasteiger partial charge on any atom is -0.405 e. The van der Waals surface area contributed by atoms with Crippen LogP contribution in [0.2, 0.25) is 0 Å². The number of halogens is 3. The fraction of sp³-hybridized carbons (Fsp3) is 0.333. The number of alkyl halides is 3. The van der Waals surface area contributed by atoms with E-state index in [2.05, 4.69) is 18.6 Å². The van der Waals surface area contributed by atoms with Crippen molar-refractivity contribution in [1.29, 1.82) is 0 Å². The molecule has 0 bridgehead atoms. The first-order chi connectivity index (χ1) is 10.8. The molecule has 2 aromatic carbocycles. The molecule has 0 radical (unpaired) electrons. The first kappa shape index (κ1) is 17.3. The fourth-order valence-electron chi connectivity index (χ4n) is 2.41. The maximum atomic E-state index is 12.6. The van der Waals surface area contributed by atoms with Crippen LogP contribution in [0.4, 0.5) is 13.2 Å². The molecule has 2 rings (SSSR count). The largest absolute Gasteiger partial charge is 0.573 e. The molecule has 2 nitrogen and oxygen atoms in total. The summed E-state index contributed by atoms with van der Waals surface area (Å²) >= 11 is 0. The zero-order chi connectivity index (χ0) is 17.0. The highest BCUT2D eigenvalue weighted by atomic mass is 19.4. The van der Waals surface area contributed by atoms with Crippen molar-refractivity contribution in [3.63, 3.8) is 0 Å². The molecule has 0 fully saturated rings. The maximum absolute atomic E-state index is 12.6. The zero-order valence-electron chi connectivity index (χ0n) is 13.0. The summed E-state index contributed by atoms with van der Waals surface area (Å²) in [6.45, 7) is 3.96. The normalized spacial score (nSPS) is 11.8. The molecule has 23 heavy (non-hydrogen) atoms. The van der Waals surface area contributed by atoms with Gasteiger partial charge in [0.25, 0.3) is 0 Å². The average Bonchev–Trinajstić information content (AvgIpc) is 2.46. The minimum absolute atomic E-state index is 0.245. The van der Waals surface area contributed by atoms with E-state index in [4.69, 9.17) is 0 Å². The van der Waals surface area contributed by atoms with Gasteiger partial charge in [-0.15, -0.1) is 13.2 Å². The predicted octanol–water partition coefficient (Wildman–Crippen LogP) is 4.94. The second-order valence-electron chi connectivity index (χ2n) is 5.83. The van der Waals surface area contributed by atoms with Crippen molar-refractivity contribution < 1.29 is 23.0 Å². The lowest BCUT2D eigenvalue weighted by Crippen LogP contribution is -2.17. The highest BCUT2D eigenvalue weighted by Crippen LogP contribution is 2.35. The smallest absolute Gasteiger partial charge is 0.405 e. The van der Waals surface area contributed by atoms with E-state index in [1.807, 2.05) is 12.1 Å². The highest BCUT2D eigenvalue weighted by Gasteiger charge is 2.32. The van der Waals surface area contributed by atoms with Crippen molar-refractivity contribution in [2.45, 2.75) is 33.2 Å². The van der Waals surface area contributed by atoms with Crippen LogP contribution in [-0.4, -0.2) is 11.5 Å². The molecule has 0 amide bonds. The molecule has 0 heterocycles. The van der Waals surface area contributed by atoms with Crippen molar-refractivity contribution in [2.75, 3.05) is 0 Å². The summed E-state index contributed by atoms with van der Waals surface area (Å²) in [7, 11) is 0. The number of hydrogen-bond donors (Lipinski definition) is 1. The Labute approximate surface area is 133 Å². The van der Waals surface area contributed by atoms with Gasteiger partial charge in [-0.25, -0.2) is 0 Å². The van der Waals surface area contributed by atoms with E-state index >= 15 is 0 Å². The number of benzene rings is 2. The standard InChI is InChI=1S/C18H19F3O2/c1-12(2)9-13-3-6-15(7-4-13)16-10-14(11-22)5-8-17(16)23-18(19,20)21/h3-8,10,12,22H,9,11H2,1-2H3. The van der Waals surface area contributed by atoms with E-state index < -0.39 is 6.36 Å². The Bertz CT molecular complexity index is 646. The lowest BCUT2D eigenvalue weighted by Gasteiger charge is -2.15. The Hall–Kier alpha value is -2.01. The van der Waals surface area contributed by atoms with Crippen LogP contribution in [0.15, 0.2) is 42.5 Å². The summed E-state index contributed by atoms with van der Waals surface area (Å²) < 4.78 is 41.8. The Morgan fingerprint density at radius 3 is 2.13 bits per heavy atom. The lowest BCUT2D eigenvalue weighted by atomic mass is 9.98. The molecular formula is C18H19F3O2. The molecule has 1 N–H and O–H groups in total. The molecule has 0 spiro atoms. The Kier molecular flexibility index (Phi) is 5.31. The molecule has 0 aliphatic heterocycles. The Morgan fingerprint density at radius 2 is 1.61 bits per heavy atom. The molecule has 0 aliphatic rings. The molecule has 0 aromatic heterocycles. The van der Waals surface area contributed by atoms with Crippen LogP contribution in [0.1, 0.15) is 25.0 Å². The van der Waals surface area contributed by atoms with Gasteiger partial charge in [-0.05, 0) is 41.2 Å². The summed E-state index contributed by atoms with van der Waals surface area (Å²) in [4.78, 5) is 0. The van der Waals surface area contributed by atoms with Gasteiger partial charge in [-0.3, -0.25) is 0 Å². The SMILES string of the molecule is CC(C)Cc1ccc(-c2cc(CO)ccc2OC(F)(F)F)cc1. The van der Waals surface area contributed by atoms with Gasteiger partial charge in [-0.1, -0.05) is 44.2 Å². The van der Waals surface area contributed by atoms with Gasteiger partial charge < -0.3 is 9.84 Å². The summed E-state index contributed by atoms with van der Waals surface area (Å²) in [5, 5.41) is 9.21. The number of ether oxygens (including phenoxy) is 1. The summed E-state index contributed by atoms with van der Waals surface area (Å²) in [6.07, 6.45) is -3.85. The van der Waals surface area contributed by atoms with Crippen molar-refractivity contribution in [3.05, 3.63) is 53.6 Å². The number of aliphatic hydroxyl groups excluding tert-OH is 1. The van der Waals surface area contributed by atoms with Gasteiger partial charge in [0.1, 0.15) is 5.75 Å². The molecular weight excluding hydrogens is 305 g/mol. The molecule has 0 aliphatic carbocycles. The van der Waals surface area contributed by atoms with Crippen LogP contribution in [0.25, 0.3) is 11.1 Å². The average molecular weight is 324 g/mol. The minimum atomic E-state index is -4.76. The number of rotatable bonds is 5. The third-order valence-electron chi connectivity index (χ3n) is 3.36. The number of aliphatic hydroxyl groups is 1. The molecule has 0 saturated carbocycles. The van der Waals surface area contributed by atoms with E-state index in [0.717, 1.165) is 12.0 Å². The Balaban J connectivity index is 2.39. The van der Waals surface area contributed by atoms with E-state index in [0.29, 0.717) is 22.6 Å². The molecule has 2 aromatic rings. The van der Waals surface area contributed by atoms with Crippen molar-refractivity contribution in [3.8, 4) is 16.9 Å². The fourth-order valence-corrected chi connectivity index (χ4v) is 2.41. The predicted molar refractivity (Wildman–Crippen MR) is 83.0 cm³/mol. The number of hydrogen-bond acceptors (Lipinski definition) is 2. The van der Waals surface area contributed by atoms with E-state index in [-0.39, 0.29) is 12.4 Å². The maximum Gasteiger partial charge on any atom is 0.573 e. The monoisotopic (exact) mass is 324 g/mol. The molecule has 124 valence electrons. The molecule has 0 atom stereocenters. The molecule has 0 unspecified atom stereocenters. The van der Waals surface area contributed by atoms with Gasteiger partial charge >= 0.3 is 6.36 Å². The van der Waals surface area contributed by atoms with Crippen molar-refractivity contribution in [1.82, 2.24) is 0 Å². The third kappa shape index (κ3) is 4.99. The second kappa shape index (κ2) is 7.04. The van der Waals surface area contributed by atoms with Crippen molar-refractivity contribution >= 4 is 0 Å². The summed E-state index contributed by atoms with van der Waals surface area (Å²) in [5.41, 5.74) is 2.58. The van der Waals surface area contributed by atoms with Gasteiger partial charge in [0.05, 0.1) is 6.61 Å². The van der Waals surface area contributed by atoms with E-state index in [9.17, 15) is 18.3 Å². The molecule has 0 saturated heterocycles. The van der Waals surface area contributed by atoms with Gasteiger partial charge in [0.2, 0.25) is 0 Å². The first-order valence-electron chi connectivity index (χ1n) is 7.37. The highest BCUT2D eigenvalue weighted by molar-refractivity contribution is 5.71. The third-order valence-corrected chi connectivity index (χ3v) is 3.36. The Morgan fingerprint density at radius 1 is 1.00 bits per heavy atom. The van der Waals surface area contributed by atoms with Crippen LogP contribution in [0.3, 0.4) is 0 Å². The molecule has 5 heteroatoms. The quantitative estimate of drug-likeness (QED) is 0.844. The van der Waals surface area contributed by atoms with Gasteiger partial charge in [0, 0.05) is 5.56 Å². The first-order valence-corrected chi connectivity index (χ1v) is 7.37. The van der Waals surface area contributed by atoms with Crippen LogP contribution < -0.4 is 4.74 Å². The van der Waals surface area contributed by atoms with Gasteiger partial charge in [0.15, 0.2) is 0 Å². The van der Waals surface area contributed by atoms with Crippen LogP contribution in [-0.2, 0) is 13.0 Å². The van der Waals surface area contributed by atoms with Gasteiger partial charge in [-0.2, -0.15) is 0 Å².